The number of esters is 2. The van der Waals surface area contributed by atoms with Gasteiger partial charge in [-0.3, -0.25) is 9.59 Å². The predicted molar refractivity (Wildman–Crippen MR) is 137 cm³/mol. The second-order valence-corrected chi connectivity index (χ2v) is 8.39. The van der Waals surface area contributed by atoms with Gasteiger partial charge in [-0.1, -0.05) is 30.3 Å². The molecule has 2 N–H and O–H groups in total. The summed E-state index contributed by atoms with van der Waals surface area (Å²) in [5.74, 6) is -1.63. The van der Waals surface area contributed by atoms with Gasteiger partial charge < -0.3 is 34.1 Å². The minimum atomic E-state index is -0.998. The Balaban J connectivity index is 0.000000423. The molecule has 0 spiro atoms. The Morgan fingerprint density at radius 2 is 1.97 bits per heavy atom. The highest BCUT2D eigenvalue weighted by Crippen LogP contribution is 2.29. The Labute approximate surface area is 222 Å². The van der Waals surface area contributed by atoms with Gasteiger partial charge in [0.25, 0.3) is 5.91 Å². The summed E-state index contributed by atoms with van der Waals surface area (Å²) >= 11 is 0. The summed E-state index contributed by atoms with van der Waals surface area (Å²) in [6, 6.07) is 10.7. The minimum absolute atomic E-state index is 0.0190. The predicted octanol–water partition coefficient (Wildman–Crippen LogP) is 2.44. The second kappa shape index (κ2) is 16.9. The van der Waals surface area contributed by atoms with E-state index in [4.69, 9.17) is 28.8 Å². The van der Waals surface area contributed by atoms with E-state index in [1.54, 1.807) is 6.92 Å². The van der Waals surface area contributed by atoms with Gasteiger partial charge in [0, 0.05) is 32.4 Å². The molecule has 3 rings (SSSR count). The summed E-state index contributed by atoms with van der Waals surface area (Å²) in [7, 11) is 1.39. The number of carbonyl (C=O) groups is 3. The van der Waals surface area contributed by atoms with Gasteiger partial charge in [-0.15, -0.1) is 0 Å². The Bertz CT molecular complexity index is 1020. The Morgan fingerprint density at radius 3 is 2.66 bits per heavy atom. The summed E-state index contributed by atoms with van der Waals surface area (Å²) in [5, 5.41) is 11.1. The van der Waals surface area contributed by atoms with Gasteiger partial charge in [0.1, 0.15) is 0 Å². The van der Waals surface area contributed by atoms with Crippen molar-refractivity contribution >= 4 is 17.8 Å². The molecule has 1 amide bonds. The first-order valence-corrected chi connectivity index (χ1v) is 12.4. The number of methoxy groups -OCH3 is 1. The second-order valence-electron chi connectivity index (χ2n) is 8.39. The first kappa shape index (κ1) is 30.5. The van der Waals surface area contributed by atoms with Gasteiger partial charge in [0.05, 0.1) is 19.8 Å². The van der Waals surface area contributed by atoms with Crippen LogP contribution < -0.4 is 14.8 Å². The van der Waals surface area contributed by atoms with Crippen LogP contribution in [0, 0.1) is 0 Å². The van der Waals surface area contributed by atoms with Gasteiger partial charge in [-0.05, 0) is 38.2 Å². The molecule has 1 unspecified atom stereocenters. The first-order chi connectivity index (χ1) is 18.3. The highest BCUT2D eigenvalue weighted by Gasteiger charge is 2.28. The number of aromatic nitrogens is 1. The molecule has 1 fully saturated rings. The summed E-state index contributed by atoms with van der Waals surface area (Å²) in [5.41, 5.74) is 1.17. The number of hydrogen-bond donors (Lipinski definition) is 2. The van der Waals surface area contributed by atoms with Crippen LogP contribution in [0.25, 0.3) is 0 Å². The number of amides is 1. The highest BCUT2D eigenvalue weighted by molar-refractivity contribution is 5.98. The lowest BCUT2D eigenvalue weighted by atomic mass is 10.1. The third kappa shape index (κ3) is 10.7. The maximum atomic E-state index is 12.7. The van der Waals surface area contributed by atoms with Crippen molar-refractivity contribution in [2.45, 2.75) is 51.7 Å². The van der Waals surface area contributed by atoms with E-state index < -0.39 is 30.7 Å². The van der Waals surface area contributed by atoms with Crippen LogP contribution in [0.1, 0.15) is 49.2 Å². The van der Waals surface area contributed by atoms with Crippen LogP contribution in [0.15, 0.2) is 42.6 Å². The highest BCUT2D eigenvalue weighted by atomic mass is 16.7. The topological polar surface area (TPSA) is 143 Å². The fourth-order valence-corrected chi connectivity index (χ4v) is 3.40. The number of cyclic esters (lactones) is 1. The zero-order valence-electron chi connectivity index (χ0n) is 22.0. The fourth-order valence-electron chi connectivity index (χ4n) is 3.40. The van der Waals surface area contributed by atoms with Crippen molar-refractivity contribution in [1.82, 2.24) is 10.3 Å². The maximum absolute atomic E-state index is 12.7. The largest absolute Gasteiger partial charge is 0.493 e. The zero-order valence-corrected chi connectivity index (χ0v) is 22.0. The summed E-state index contributed by atoms with van der Waals surface area (Å²) in [6.07, 6.45) is 4.36. The molecule has 2 aromatic rings. The number of aliphatic hydroxyl groups excluding tert-OH is 1. The van der Waals surface area contributed by atoms with Crippen molar-refractivity contribution in [3.8, 4) is 11.5 Å². The zero-order chi connectivity index (χ0) is 27.8. The normalized spacial score (nSPS) is 17.3. The molecule has 0 aliphatic carbocycles. The molecule has 0 bridgehead atoms. The van der Waals surface area contributed by atoms with Crippen molar-refractivity contribution in [2.24, 2.45) is 0 Å². The third-order valence-electron chi connectivity index (χ3n) is 5.33. The molecule has 11 heteroatoms. The third-order valence-corrected chi connectivity index (χ3v) is 5.33. The molecule has 1 saturated heterocycles. The molecule has 208 valence electrons. The summed E-state index contributed by atoms with van der Waals surface area (Å²) in [6.45, 7) is 3.30. The monoisotopic (exact) mass is 532 g/mol. The smallest absolute Gasteiger partial charge is 0.331 e. The molecule has 1 aromatic carbocycles. The maximum Gasteiger partial charge on any atom is 0.331 e. The van der Waals surface area contributed by atoms with Crippen LogP contribution in [0.2, 0.25) is 0 Å². The number of aliphatic hydroxyl groups is 1. The molecule has 1 aliphatic heterocycles. The van der Waals surface area contributed by atoms with E-state index in [0.29, 0.717) is 13.0 Å². The molecule has 11 nitrogen and oxygen atoms in total. The van der Waals surface area contributed by atoms with Crippen LogP contribution in [0.5, 0.6) is 11.5 Å². The molecule has 0 saturated carbocycles. The molecule has 2 heterocycles. The molecule has 38 heavy (non-hydrogen) atoms. The standard InChI is InChI=1S/C18H24N2O8.C9H12O/c1-11-5-4-8-25-9-13(18(23)28-11)20-17(22)15-16(27-10-26-12(2)21)14(24-3)6-7-19-15;10-8-4-7-9-5-2-1-3-6-9/h6-7,11,13H,4-5,8-10H2,1-3H3,(H,20,22);1-3,5-6,10H,4,7-8H2/t11?,13-;/m0./s1. The van der Waals surface area contributed by atoms with Crippen molar-refractivity contribution in [3.63, 3.8) is 0 Å². The van der Waals surface area contributed by atoms with E-state index in [2.05, 4.69) is 22.4 Å². The average Bonchev–Trinajstić information content (AvgIpc) is 2.98. The van der Waals surface area contributed by atoms with Gasteiger partial charge in [0.2, 0.25) is 6.79 Å². The number of hydrogen-bond acceptors (Lipinski definition) is 10. The van der Waals surface area contributed by atoms with Gasteiger partial charge in [-0.2, -0.15) is 0 Å². The lowest BCUT2D eigenvalue weighted by Crippen LogP contribution is -2.45. The van der Waals surface area contributed by atoms with Crippen LogP contribution in [-0.2, 0) is 30.2 Å². The van der Waals surface area contributed by atoms with Crippen molar-refractivity contribution in [2.75, 3.05) is 33.7 Å². The Morgan fingerprint density at radius 1 is 1.21 bits per heavy atom. The van der Waals surface area contributed by atoms with Crippen LogP contribution in [-0.4, -0.2) is 73.8 Å². The number of pyridine rings is 1. The number of rotatable bonds is 9. The van der Waals surface area contributed by atoms with Gasteiger partial charge in [0.15, 0.2) is 23.2 Å². The SMILES string of the molecule is COc1ccnc(C(=O)N[C@H]2COCCCC(C)OC2=O)c1OCOC(C)=O.OCCCc1ccccc1. The lowest BCUT2D eigenvalue weighted by Gasteiger charge is -2.19. The molecule has 1 aliphatic rings. The minimum Gasteiger partial charge on any atom is -0.493 e. The lowest BCUT2D eigenvalue weighted by molar-refractivity contribution is -0.151. The number of carbonyl (C=O) groups excluding carboxylic acids is 3. The van der Waals surface area contributed by atoms with Crippen molar-refractivity contribution < 1.29 is 43.2 Å². The number of nitrogens with one attached hydrogen (secondary N) is 1. The Kier molecular flexibility index (Phi) is 13.6. The number of nitrogens with zero attached hydrogens (tertiary/aromatic N) is 1. The van der Waals surface area contributed by atoms with E-state index in [1.165, 1.54) is 31.9 Å². The quantitative estimate of drug-likeness (QED) is 0.365. The van der Waals surface area contributed by atoms with Gasteiger partial charge >= 0.3 is 11.9 Å². The van der Waals surface area contributed by atoms with E-state index in [-0.39, 0.29) is 36.5 Å². The van der Waals surface area contributed by atoms with Crippen molar-refractivity contribution in [3.05, 3.63) is 53.9 Å². The van der Waals surface area contributed by atoms with Crippen molar-refractivity contribution in [1.29, 1.82) is 0 Å². The number of benzene rings is 1. The van der Waals surface area contributed by atoms with E-state index >= 15 is 0 Å². The molecular formula is C27H36N2O9. The van der Waals surface area contributed by atoms with E-state index in [0.717, 1.165) is 19.3 Å². The molecule has 1 aromatic heterocycles. The van der Waals surface area contributed by atoms with E-state index in [9.17, 15) is 14.4 Å². The van der Waals surface area contributed by atoms with Gasteiger partial charge in [-0.25, -0.2) is 9.78 Å². The summed E-state index contributed by atoms with van der Waals surface area (Å²) < 4.78 is 26.0. The van der Waals surface area contributed by atoms with Crippen LogP contribution in [0.4, 0.5) is 0 Å². The average molecular weight is 533 g/mol. The van der Waals surface area contributed by atoms with E-state index in [1.807, 2.05) is 18.2 Å². The first-order valence-electron chi connectivity index (χ1n) is 12.4. The van der Waals surface area contributed by atoms with Crippen LogP contribution in [0.3, 0.4) is 0 Å². The number of ether oxygens (including phenoxy) is 5. The van der Waals surface area contributed by atoms with Crippen LogP contribution >= 0.6 is 0 Å². The fraction of sp³-hybridized carbons (Fsp3) is 0.481. The molecule has 2 atom stereocenters. The molecular weight excluding hydrogens is 496 g/mol. The summed E-state index contributed by atoms with van der Waals surface area (Å²) in [4.78, 5) is 40.0. The number of aryl methyl sites for hydroxylation is 1. The Hall–Kier alpha value is -3.70. The molecule has 0 radical (unpaired) electrons.